The number of pyridine rings is 1. The fraction of sp³-hybridized carbons (Fsp3) is 0.409. The van der Waals surface area contributed by atoms with Crippen LogP contribution in [-0.4, -0.2) is 41.3 Å². The molecule has 1 aromatic carbocycles. The predicted molar refractivity (Wildman–Crippen MR) is 111 cm³/mol. The van der Waals surface area contributed by atoms with Crippen LogP contribution in [0.4, 0.5) is 27.6 Å². The molecule has 0 bridgehead atoms. The van der Waals surface area contributed by atoms with Gasteiger partial charge in [0.25, 0.3) is 11.8 Å². The SMILES string of the molecule is CNC(=O)c1ccc2c(c1)C1CC(F)(F)CN1C(N)=N2.FC(F)(F)c1ccc2c(n1)CCC2. The Morgan fingerprint density at radius 1 is 1.21 bits per heavy atom. The first-order valence-electron chi connectivity index (χ1n) is 10.4. The molecule has 6 nitrogen and oxygen atoms in total. The Hall–Kier alpha value is -3.24. The van der Waals surface area contributed by atoms with Gasteiger partial charge in [0.1, 0.15) is 5.69 Å². The van der Waals surface area contributed by atoms with E-state index in [1.54, 1.807) is 18.2 Å². The Balaban J connectivity index is 0.000000172. The fourth-order valence-corrected chi connectivity index (χ4v) is 4.31. The number of carbonyl (C=O) groups is 1. The number of alkyl halides is 5. The number of guanidine groups is 1. The Morgan fingerprint density at radius 3 is 2.67 bits per heavy atom. The smallest absolute Gasteiger partial charge is 0.369 e. The highest BCUT2D eigenvalue weighted by molar-refractivity contribution is 5.95. The fourth-order valence-electron chi connectivity index (χ4n) is 4.31. The summed E-state index contributed by atoms with van der Waals surface area (Å²) in [5, 5.41) is 2.51. The van der Waals surface area contributed by atoms with Crippen LogP contribution < -0.4 is 11.1 Å². The van der Waals surface area contributed by atoms with Crippen molar-refractivity contribution in [2.75, 3.05) is 13.6 Å². The van der Waals surface area contributed by atoms with Crippen molar-refractivity contribution in [2.45, 2.75) is 43.8 Å². The molecule has 1 aromatic heterocycles. The second-order valence-corrected chi connectivity index (χ2v) is 8.18. The van der Waals surface area contributed by atoms with Crippen LogP contribution in [0.2, 0.25) is 0 Å². The van der Waals surface area contributed by atoms with E-state index in [1.165, 1.54) is 18.0 Å². The van der Waals surface area contributed by atoms with E-state index in [4.69, 9.17) is 5.73 Å². The van der Waals surface area contributed by atoms with Crippen LogP contribution >= 0.6 is 0 Å². The lowest BCUT2D eigenvalue weighted by molar-refractivity contribution is -0.141. The number of hydrogen-bond donors (Lipinski definition) is 2. The minimum Gasteiger partial charge on any atom is -0.369 e. The number of nitrogens with one attached hydrogen (secondary N) is 1. The zero-order valence-corrected chi connectivity index (χ0v) is 17.7. The topological polar surface area (TPSA) is 83.6 Å². The van der Waals surface area contributed by atoms with Crippen LogP contribution in [0.3, 0.4) is 0 Å². The van der Waals surface area contributed by atoms with E-state index in [0.29, 0.717) is 28.9 Å². The highest BCUT2D eigenvalue weighted by Gasteiger charge is 2.48. The van der Waals surface area contributed by atoms with Gasteiger partial charge in [0.15, 0.2) is 5.96 Å². The molecular weight excluding hydrogens is 445 g/mol. The quantitative estimate of drug-likeness (QED) is 0.622. The normalized spacial score (nSPS) is 20.1. The maximum Gasteiger partial charge on any atom is 0.433 e. The number of carbonyl (C=O) groups excluding carboxylic acids is 1. The average molecular weight is 467 g/mol. The van der Waals surface area contributed by atoms with Gasteiger partial charge in [0, 0.05) is 30.3 Å². The number of hydrogen-bond acceptors (Lipinski definition) is 5. The molecule has 1 fully saturated rings. The van der Waals surface area contributed by atoms with Gasteiger partial charge in [0.05, 0.1) is 18.3 Å². The summed E-state index contributed by atoms with van der Waals surface area (Å²) in [6.07, 6.45) is -2.16. The molecular formula is C22H22F5N5O. The van der Waals surface area contributed by atoms with Gasteiger partial charge in [-0.25, -0.2) is 18.8 Å². The minimum atomic E-state index is -4.31. The first kappa shape index (κ1) is 22.9. The Labute approximate surface area is 186 Å². The van der Waals surface area contributed by atoms with Crippen molar-refractivity contribution in [1.82, 2.24) is 15.2 Å². The molecule has 3 N–H and O–H groups in total. The van der Waals surface area contributed by atoms with Crippen molar-refractivity contribution in [3.8, 4) is 0 Å². The molecule has 0 saturated carbocycles. The number of aryl methyl sites for hydroxylation is 2. The lowest BCUT2D eigenvalue weighted by Gasteiger charge is -2.30. The third-order valence-corrected chi connectivity index (χ3v) is 5.89. The maximum absolute atomic E-state index is 13.6. The molecule has 3 heterocycles. The standard InChI is InChI=1S/C13H14F2N4O.C9H8F3N/c1-17-11(20)7-2-3-9-8(4-7)10-5-13(14,15)6-19(10)12(16)18-9;10-9(11,12)8-5-4-6-2-1-3-7(6)13-8/h2-4,10H,5-6H2,1H3,(H2,16,18)(H,17,20);4-5H,1-3H2. The van der Waals surface area contributed by atoms with Crippen molar-refractivity contribution in [2.24, 2.45) is 10.7 Å². The summed E-state index contributed by atoms with van der Waals surface area (Å²) >= 11 is 0. The molecule has 1 unspecified atom stereocenters. The van der Waals surface area contributed by atoms with Gasteiger partial charge < -0.3 is 16.0 Å². The monoisotopic (exact) mass is 467 g/mol. The molecule has 33 heavy (non-hydrogen) atoms. The van der Waals surface area contributed by atoms with Gasteiger partial charge in [-0.15, -0.1) is 0 Å². The molecule has 2 aromatic rings. The molecule has 11 heteroatoms. The lowest BCUT2D eigenvalue weighted by Crippen LogP contribution is -2.40. The van der Waals surface area contributed by atoms with Crippen molar-refractivity contribution < 1.29 is 26.7 Å². The predicted octanol–water partition coefficient (Wildman–Crippen LogP) is 3.98. The molecule has 176 valence electrons. The van der Waals surface area contributed by atoms with Crippen LogP contribution in [0.5, 0.6) is 0 Å². The van der Waals surface area contributed by atoms with Gasteiger partial charge in [0.2, 0.25) is 0 Å². The number of fused-ring (bicyclic) bond motifs is 4. The third-order valence-electron chi connectivity index (χ3n) is 5.89. The zero-order valence-electron chi connectivity index (χ0n) is 17.7. The Bertz CT molecular complexity index is 1110. The molecule has 1 amide bonds. The van der Waals surface area contributed by atoms with E-state index < -0.39 is 30.4 Å². The van der Waals surface area contributed by atoms with Crippen LogP contribution in [0.15, 0.2) is 35.3 Å². The third kappa shape index (κ3) is 4.62. The molecule has 2 aliphatic heterocycles. The average Bonchev–Trinajstić information content (AvgIpc) is 3.36. The number of aromatic nitrogens is 1. The second kappa shape index (κ2) is 8.27. The highest BCUT2D eigenvalue weighted by Crippen LogP contribution is 2.46. The molecule has 1 saturated heterocycles. The minimum absolute atomic E-state index is 0.104. The number of rotatable bonds is 1. The van der Waals surface area contributed by atoms with E-state index in [2.05, 4.69) is 15.3 Å². The van der Waals surface area contributed by atoms with E-state index in [1.807, 2.05) is 0 Å². The van der Waals surface area contributed by atoms with Crippen LogP contribution in [0.1, 0.15) is 51.8 Å². The number of benzene rings is 1. The number of aliphatic imine (C=N–C) groups is 1. The number of amides is 1. The van der Waals surface area contributed by atoms with Gasteiger partial charge in [-0.05, 0) is 49.1 Å². The summed E-state index contributed by atoms with van der Waals surface area (Å²) in [6, 6.07) is 6.94. The van der Waals surface area contributed by atoms with Gasteiger partial charge >= 0.3 is 6.18 Å². The molecule has 0 radical (unpaired) electrons. The van der Waals surface area contributed by atoms with E-state index >= 15 is 0 Å². The summed E-state index contributed by atoms with van der Waals surface area (Å²) in [5.41, 5.74) is 8.16. The molecule has 3 aliphatic rings. The lowest BCUT2D eigenvalue weighted by atomic mass is 9.98. The van der Waals surface area contributed by atoms with Gasteiger partial charge in [-0.2, -0.15) is 13.2 Å². The highest BCUT2D eigenvalue weighted by atomic mass is 19.4. The zero-order chi connectivity index (χ0) is 24.0. The number of nitrogens with zero attached hydrogens (tertiary/aromatic N) is 3. The second-order valence-electron chi connectivity index (χ2n) is 8.18. The van der Waals surface area contributed by atoms with Crippen molar-refractivity contribution in [1.29, 1.82) is 0 Å². The van der Waals surface area contributed by atoms with Crippen molar-refractivity contribution in [3.63, 3.8) is 0 Å². The van der Waals surface area contributed by atoms with Crippen molar-refractivity contribution in [3.05, 3.63) is 58.4 Å². The summed E-state index contributed by atoms with van der Waals surface area (Å²) < 4.78 is 63.8. The van der Waals surface area contributed by atoms with E-state index in [9.17, 15) is 26.7 Å². The largest absolute Gasteiger partial charge is 0.433 e. The van der Waals surface area contributed by atoms with Crippen LogP contribution in [0, 0.1) is 0 Å². The first-order valence-corrected chi connectivity index (χ1v) is 10.4. The van der Waals surface area contributed by atoms with Gasteiger partial charge in [-0.3, -0.25) is 4.79 Å². The number of halogens is 5. The maximum atomic E-state index is 13.6. The first-order chi connectivity index (χ1) is 15.5. The van der Waals surface area contributed by atoms with Crippen LogP contribution in [0.25, 0.3) is 0 Å². The molecule has 5 rings (SSSR count). The van der Waals surface area contributed by atoms with Crippen molar-refractivity contribution >= 4 is 17.6 Å². The van der Waals surface area contributed by atoms with Gasteiger partial charge in [-0.1, -0.05) is 6.07 Å². The molecule has 0 spiro atoms. The summed E-state index contributed by atoms with van der Waals surface area (Å²) in [6.45, 7) is -0.434. The Morgan fingerprint density at radius 2 is 1.97 bits per heavy atom. The number of nitrogens with two attached hydrogens (primary N) is 1. The molecule has 1 aliphatic carbocycles. The Kier molecular flexibility index (Phi) is 5.75. The molecule has 1 atom stereocenters. The summed E-state index contributed by atoms with van der Waals surface area (Å²) in [4.78, 5) is 20.8. The van der Waals surface area contributed by atoms with E-state index in [-0.39, 0.29) is 18.3 Å². The summed E-state index contributed by atoms with van der Waals surface area (Å²) in [5.74, 6) is -2.95. The van der Waals surface area contributed by atoms with E-state index in [0.717, 1.165) is 24.5 Å². The summed E-state index contributed by atoms with van der Waals surface area (Å²) in [7, 11) is 1.52. The van der Waals surface area contributed by atoms with Crippen LogP contribution in [-0.2, 0) is 19.0 Å².